The Morgan fingerprint density at radius 1 is 1.03 bits per heavy atom. The summed E-state index contributed by atoms with van der Waals surface area (Å²) in [5.41, 5.74) is 4.05. The van der Waals surface area contributed by atoms with Crippen molar-refractivity contribution in [2.45, 2.75) is 33.1 Å². The molecule has 3 heterocycles. The first-order valence-corrected chi connectivity index (χ1v) is 13.4. The summed E-state index contributed by atoms with van der Waals surface area (Å²) >= 11 is 5.87. The second-order valence-electron chi connectivity index (χ2n) is 8.24. The van der Waals surface area contributed by atoms with Gasteiger partial charge in [0.2, 0.25) is 5.82 Å². The molecule has 3 aromatic heterocycles. The van der Waals surface area contributed by atoms with Crippen LogP contribution in [0.1, 0.15) is 11.3 Å². The average molecular weight is 423 g/mol. The lowest BCUT2D eigenvalue weighted by Crippen LogP contribution is -2.37. The lowest BCUT2D eigenvalue weighted by atomic mass is 10.2. The molecule has 29 heavy (non-hydrogen) atoms. The Morgan fingerprint density at radius 2 is 1.79 bits per heavy atom. The number of hydrogen-bond donors (Lipinski definition) is 0. The summed E-state index contributed by atoms with van der Waals surface area (Å²) in [5.74, 6) is 1.12. The molecule has 0 amide bonds. The number of hydrogen-bond acceptors (Lipinski definition) is 4. The molecule has 0 saturated heterocycles. The van der Waals surface area contributed by atoms with Crippen LogP contribution in [0, 0.1) is 6.92 Å². The molecule has 5 nitrogen and oxygen atoms in total. The molecule has 0 saturated carbocycles. The van der Waals surface area contributed by atoms with Gasteiger partial charge in [-0.25, -0.2) is 4.98 Å². The van der Waals surface area contributed by atoms with Gasteiger partial charge in [-0.15, -0.1) is 0 Å². The van der Waals surface area contributed by atoms with E-state index in [-0.39, 0.29) is 0 Å². The maximum absolute atomic E-state index is 5.87. The molecule has 0 radical (unpaired) electrons. The van der Waals surface area contributed by atoms with Crippen LogP contribution >= 0.6 is 11.6 Å². The van der Waals surface area contributed by atoms with Crippen LogP contribution in [0.25, 0.3) is 22.8 Å². The molecular weight excluding hydrogens is 400 g/mol. The van der Waals surface area contributed by atoms with Crippen LogP contribution < -0.4 is 5.19 Å². The van der Waals surface area contributed by atoms with E-state index < -0.39 is 8.07 Å². The van der Waals surface area contributed by atoms with E-state index in [1.807, 2.05) is 12.3 Å². The van der Waals surface area contributed by atoms with Gasteiger partial charge >= 0.3 is 0 Å². The van der Waals surface area contributed by atoms with E-state index >= 15 is 0 Å². The Morgan fingerprint density at radius 3 is 2.45 bits per heavy atom. The van der Waals surface area contributed by atoms with Gasteiger partial charge in [-0.2, -0.15) is 4.98 Å². The summed E-state index contributed by atoms with van der Waals surface area (Å²) in [6.07, 6.45) is 3.81. The van der Waals surface area contributed by atoms with E-state index in [1.54, 1.807) is 12.3 Å². The van der Waals surface area contributed by atoms with Crippen LogP contribution in [-0.4, -0.2) is 27.8 Å². The molecule has 1 aromatic carbocycles. The first-order valence-electron chi connectivity index (χ1n) is 9.52. The van der Waals surface area contributed by atoms with Crippen LogP contribution in [0.5, 0.6) is 0 Å². The molecule has 0 spiro atoms. The van der Waals surface area contributed by atoms with Crippen molar-refractivity contribution in [1.82, 2.24) is 19.7 Å². The van der Waals surface area contributed by atoms with E-state index in [1.165, 1.54) is 5.19 Å². The summed E-state index contributed by atoms with van der Waals surface area (Å²) in [7, 11) is -1.32. The van der Waals surface area contributed by atoms with Crippen molar-refractivity contribution in [1.29, 1.82) is 0 Å². The van der Waals surface area contributed by atoms with Crippen LogP contribution in [0.4, 0.5) is 0 Å². The van der Waals surface area contributed by atoms with Crippen molar-refractivity contribution in [3.63, 3.8) is 0 Å². The Kier molecular flexibility index (Phi) is 5.15. The lowest BCUT2D eigenvalue weighted by molar-refractivity contribution is 0.432. The Hall–Kier alpha value is -2.70. The smallest absolute Gasteiger partial charge is 0.259 e. The highest BCUT2D eigenvalue weighted by atomic mass is 35.5. The third kappa shape index (κ3) is 4.33. The summed E-state index contributed by atoms with van der Waals surface area (Å²) in [5, 5.41) is 6.09. The highest BCUT2D eigenvalue weighted by molar-refractivity contribution is 6.88. The third-order valence-corrected chi connectivity index (χ3v) is 7.22. The van der Waals surface area contributed by atoms with E-state index in [0.717, 1.165) is 22.4 Å². The molecule has 0 aliphatic heterocycles. The van der Waals surface area contributed by atoms with Crippen molar-refractivity contribution in [2.75, 3.05) is 0 Å². The minimum Gasteiger partial charge on any atom is -0.346 e. The molecule has 0 N–H and O–H groups in total. The van der Waals surface area contributed by atoms with Crippen LogP contribution in [0.2, 0.25) is 24.8 Å². The summed E-state index contributed by atoms with van der Waals surface area (Å²) in [4.78, 5) is 8.75. The normalized spacial score (nSPS) is 11.8. The van der Waals surface area contributed by atoms with E-state index in [9.17, 15) is 0 Å². The molecule has 4 aromatic rings. The Labute approximate surface area is 176 Å². The van der Waals surface area contributed by atoms with Crippen LogP contribution in [0.3, 0.4) is 0 Å². The van der Waals surface area contributed by atoms with Crippen LogP contribution in [0.15, 0.2) is 59.4 Å². The zero-order chi connectivity index (χ0) is 20.6. The number of nitrogens with zero attached hydrogens (tertiary/aromatic N) is 4. The van der Waals surface area contributed by atoms with Gasteiger partial charge in [0.15, 0.2) is 0 Å². The van der Waals surface area contributed by atoms with Gasteiger partial charge in [0.05, 0.1) is 13.6 Å². The molecule has 0 unspecified atom stereocenters. The van der Waals surface area contributed by atoms with Gasteiger partial charge in [-0.1, -0.05) is 71.9 Å². The quantitative estimate of drug-likeness (QED) is 0.329. The first-order chi connectivity index (χ1) is 13.8. The van der Waals surface area contributed by atoms with Crippen molar-refractivity contribution >= 4 is 24.9 Å². The van der Waals surface area contributed by atoms with Gasteiger partial charge in [0, 0.05) is 30.2 Å². The standard InChI is InChI=1S/C22H23ClN4OSi/c1-15-11-18(14-27(15)13-16-5-10-20(23)24-12-16)22-25-21(26-28-22)17-6-8-19(9-7-17)29(2,3)4/h5-12,14H,13H2,1-4H3. The number of pyridine rings is 1. The zero-order valence-electron chi connectivity index (χ0n) is 17.0. The molecule has 0 aliphatic rings. The summed E-state index contributed by atoms with van der Waals surface area (Å²) in [6, 6.07) is 14.3. The van der Waals surface area contributed by atoms with E-state index in [2.05, 4.69) is 76.6 Å². The fourth-order valence-corrected chi connectivity index (χ4v) is 4.45. The number of rotatable bonds is 5. The minimum absolute atomic E-state index is 0.495. The second kappa shape index (κ2) is 7.61. The van der Waals surface area contributed by atoms with Gasteiger partial charge in [-0.3, -0.25) is 0 Å². The molecular formula is C22H23ClN4OSi. The Bertz CT molecular complexity index is 1130. The average Bonchev–Trinajstić information content (AvgIpc) is 3.30. The maximum atomic E-state index is 5.87. The van der Waals surface area contributed by atoms with Crippen molar-refractivity contribution in [3.05, 3.63) is 71.3 Å². The predicted octanol–water partition coefficient (Wildman–Crippen LogP) is 5.16. The molecule has 0 atom stereocenters. The van der Waals surface area contributed by atoms with Gasteiger partial charge in [-0.05, 0) is 24.6 Å². The van der Waals surface area contributed by atoms with Crippen LogP contribution in [-0.2, 0) is 6.54 Å². The largest absolute Gasteiger partial charge is 0.346 e. The highest BCUT2D eigenvalue weighted by Crippen LogP contribution is 2.24. The van der Waals surface area contributed by atoms with Crippen molar-refractivity contribution < 1.29 is 4.52 Å². The van der Waals surface area contributed by atoms with Crippen molar-refractivity contribution in [3.8, 4) is 22.8 Å². The second-order valence-corrected chi connectivity index (χ2v) is 13.7. The molecule has 148 valence electrons. The summed E-state index contributed by atoms with van der Waals surface area (Å²) in [6.45, 7) is 9.76. The zero-order valence-corrected chi connectivity index (χ0v) is 18.7. The Balaban J connectivity index is 1.56. The monoisotopic (exact) mass is 422 g/mol. The first kappa shape index (κ1) is 19.6. The topological polar surface area (TPSA) is 56.7 Å². The SMILES string of the molecule is Cc1cc(-c2nc(-c3ccc([Si](C)(C)C)cc3)no2)cn1Cc1ccc(Cl)nc1. The number of aryl methyl sites for hydroxylation is 1. The number of halogens is 1. The minimum atomic E-state index is -1.32. The van der Waals surface area contributed by atoms with E-state index in [4.69, 9.17) is 16.1 Å². The molecule has 7 heteroatoms. The lowest BCUT2D eigenvalue weighted by Gasteiger charge is -2.16. The van der Waals surface area contributed by atoms with Gasteiger partial charge < -0.3 is 9.09 Å². The molecule has 0 aliphatic carbocycles. The molecule has 4 rings (SSSR count). The predicted molar refractivity (Wildman–Crippen MR) is 119 cm³/mol. The molecule has 0 bridgehead atoms. The van der Waals surface area contributed by atoms with Gasteiger partial charge in [0.25, 0.3) is 5.89 Å². The van der Waals surface area contributed by atoms with E-state index in [0.29, 0.717) is 23.4 Å². The van der Waals surface area contributed by atoms with Crippen molar-refractivity contribution in [2.24, 2.45) is 0 Å². The fraction of sp³-hybridized carbons (Fsp3) is 0.227. The highest BCUT2D eigenvalue weighted by Gasteiger charge is 2.17. The summed E-state index contributed by atoms with van der Waals surface area (Å²) < 4.78 is 7.67. The van der Waals surface area contributed by atoms with Gasteiger partial charge in [0.1, 0.15) is 5.15 Å². The number of benzene rings is 1. The third-order valence-electron chi connectivity index (χ3n) is 4.94. The number of aromatic nitrogens is 4. The maximum Gasteiger partial charge on any atom is 0.259 e. The fourth-order valence-electron chi connectivity index (χ4n) is 3.18. The molecule has 0 fully saturated rings.